The van der Waals surface area contributed by atoms with E-state index in [4.69, 9.17) is 4.74 Å². The van der Waals surface area contributed by atoms with Crippen LogP contribution in [0.4, 0.5) is 0 Å². The first-order valence-corrected chi connectivity index (χ1v) is 13.2. The minimum absolute atomic E-state index is 0.0991. The Morgan fingerprint density at radius 2 is 1.27 bits per heavy atom. The summed E-state index contributed by atoms with van der Waals surface area (Å²) in [5.74, 6) is -1.47. The fraction of sp³-hybridized carbons (Fsp3) is 0.909. The minimum atomic E-state index is -4.72. The highest BCUT2D eigenvalue weighted by molar-refractivity contribution is 7.87. The zero-order chi connectivity index (χ0) is 22.8. The van der Waals surface area contributed by atoms with Crippen molar-refractivity contribution in [3.63, 3.8) is 0 Å². The minimum Gasteiger partial charge on any atom is -0.465 e. The average molecular weight is 450 g/mol. The van der Waals surface area contributed by atoms with Gasteiger partial charge in [0.15, 0.2) is 5.25 Å². The quantitative estimate of drug-likeness (QED) is 0.174. The van der Waals surface area contributed by atoms with Crippen LogP contribution < -0.4 is 0 Å². The van der Waals surface area contributed by atoms with Crippen molar-refractivity contribution in [2.75, 3.05) is 19.7 Å². The molecule has 0 rings (SSSR count). The maximum absolute atomic E-state index is 12.7. The molecular weight excluding hydrogens is 406 g/mol. The van der Waals surface area contributed by atoms with Crippen LogP contribution >= 0.6 is 0 Å². The Morgan fingerprint density at radius 3 is 1.77 bits per heavy atom. The van der Waals surface area contributed by atoms with E-state index in [0.29, 0.717) is 19.5 Å². The molecule has 0 aromatic carbocycles. The molecule has 178 valence electrons. The van der Waals surface area contributed by atoms with E-state index in [-0.39, 0.29) is 6.61 Å². The number of carbonyl (C=O) groups is 2. The van der Waals surface area contributed by atoms with Crippen LogP contribution in [0.3, 0.4) is 0 Å². The number of amides is 1. The molecular formula is C22H43NO6S. The second-order valence-corrected chi connectivity index (χ2v) is 9.54. The molecule has 1 N–H and O–H groups in total. The molecule has 1 amide bonds. The molecule has 0 aliphatic carbocycles. The smallest absolute Gasteiger partial charge is 0.327 e. The Bertz CT molecular complexity index is 554. The first kappa shape index (κ1) is 28.9. The Labute approximate surface area is 183 Å². The van der Waals surface area contributed by atoms with Gasteiger partial charge in [-0.25, -0.2) is 0 Å². The maximum Gasteiger partial charge on any atom is 0.327 e. The number of nitrogens with zero attached hydrogens (tertiary/aromatic N) is 1. The Morgan fingerprint density at radius 1 is 0.800 bits per heavy atom. The lowest BCUT2D eigenvalue weighted by molar-refractivity contribution is -0.146. The summed E-state index contributed by atoms with van der Waals surface area (Å²) in [7, 11) is -4.72. The number of hydrogen-bond donors (Lipinski definition) is 1. The van der Waals surface area contributed by atoms with Crippen LogP contribution in [-0.4, -0.2) is 54.7 Å². The van der Waals surface area contributed by atoms with Gasteiger partial charge in [0, 0.05) is 13.1 Å². The van der Waals surface area contributed by atoms with Gasteiger partial charge in [0.25, 0.3) is 10.1 Å². The maximum atomic E-state index is 12.7. The molecule has 1 unspecified atom stereocenters. The second-order valence-electron chi connectivity index (χ2n) is 7.94. The van der Waals surface area contributed by atoms with Gasteiger partial charge in [0.2, 0.25) is 5.91 Å². The van der Waals surface area contributed by atoms with Crippen LogP contribution in [0.15, 0.2) is 0 Å². The molecule has 0 saturated heterocycles. The summed E-state index contributed by atoms with van der Waals surface area (Å²) in [4.78, 5) is 26.6. The first-order chi connectivity index (χ1) is 14.3. The van der Waals surface area contributed by atoms with Crippen molar-refractivity contribution < 1.29 is 27.3 Å². The Kier molecular flexibility index (Phi) is 16.9. The van der Waals surface area contributed by atoms with E-state index in [9.17, 15) is 22.6 Å². The molecule has 0 saturated carbocycles. The fourth-order valence-electron chi connectivity index (χ4n) is 3.21. The van der Waals surface area contributed by atoms with Crippen molar-refractivity contribution in [1.82, 2.24) is 4.90 Å². The lowest BCUT2D eigenvalue weighted by atomic mass is 10.1. The number of unbranched alkanes of at least 4 members (excludes halogenated alkanes) is 9. The molecule has 0 fully saturated rings. The van der Waals surface area contributed by atoms with Gasteiger partial charge >= 0.3 is 5.97 Å². The predicted molar refractivity (Wildman–Crippen MR) is 120 cm³/mol. The number of esters is 1. The molecule has 7 nitrogen and oxygen atoms in total. The summed E-state index contributed by atoms with van der Waals surface area (Å²) in [6, 6.07) is 0. The van der Waals surface area contributed by atoms with Crippen molar-refractivity contribution in [2.24, 2.45) is 0 Å². The van der Waals surface area contributed by atoms with E-state index in [1.54, 1.807) is 4.90 Å². The summed E-state index contributed by atoms with van der Waals surface area (Å²) in [5, 5.41) is -1.86. The van der Waals surface area contributed by atoms with Crippen molar-refractivity contribution in [3.8, 4) is 0 Å². The van der Waals surface area contributed by atoms with E-state index in [1.165, 1.54) is 6.42 Å². The van der Waals surface area contributed by atoms with Gasteiger partial charge in [-0.05, 0) is 19.3 Å². The van der Waals surface area contributed by atoms with Gasteiger partial charge < -0.3 is 9.64 Å². The molecule has 0 aliphatic rings. The monoisotopic (exact) mass is 449 g/mol. The molecule has 8 heteroatoms. The van der Waals surface area contributed by atoms with Crippen molar-refractivity contribution in [1.29, 1.82) is 0 Å². The van der Waals surface area contributed by atoms with Crippen molar-refractivity contribution in [2.45, 2.75) is 109 Å². The summed E-state index contributed by atoms with van der Waals surface area (Å²) >= 11 is 0. The van der Waals surface area contributed by atoms with E-state index >= 15 is 0 Å². The lowest BCUT2D eigenvalue weighted by Crippen LogP contribution is -2.40. The number of carbonyl (C=O) groups excluding carboxylic acids is 2. The van der Waals surface area contributed by atoms with Gasteiger partial charge in [0.1, 0.15) is 0 Å². The summed E-state index contributed by atoms with van der Waals surface area (Å²) in [5.41, 5.74) is 0. The summed E-state index contributed by atoms with van der Waals surface area (Å²) in [6.45, 7) is 7.42. The third kappa shape index (κ3) is 14.0. The topological polar surface area (TPSA) is 101 Å². The Hall–Kier alpha value is -1.15. The molecule has 0 spiro atoms. The van der Waals surface area contributed by atoms with Gasteiger partial charge in [-0.15, -0.1) is 0 Å². The lowest BCUT2D eigenvalue weighted by Gasteiger charge is -2.24. The van der Waals surface area contributed by atoms with Gasteiger partial charge in [0.05, 0.1) is 13.0 Å². The van der Waals surface area contributed by atoms with Gasteiger partial charge in [-0.3, -0.25) is 14.1 Å². The third-order valence-electron chi connectivity index (χ3n) is 5.14. The Balaban J connectivity index is 4.77. The van der Waals surface area contributed by atoms with Gasteiger partial charge in [-0.2, -0.15) is 8.42 Å². The molecule has 0 bridgehead atoms. The van der Waals surface area contributed by atoms with Crippen molar-refractivity contribution in [3.05, 3.63) is 0 Å². The van der Waals surface area contributed by atoms with Crippen LogP contribution in [-0.2, 0) is 24.4 Å². The number of hydrogen-bond acceptors (Lipinski definition) is 5. The van der Waals surface area contributed by atoms with E-state index in [0.717, 1.165) is 64.2 Å². The zero-order valence-electron chi connectivity index (χ0n) is 19.2. The van der Waals surface area contributed by atoms with E-state index in [1.807, 2.05) is 0 Å². The standard InChI is InChI=1S/C22H43NO6S/c1-4-7-10-11-12-15-18-29-22(25)20(30(26,27)28)19-21(24)23(16-13-8-5-2)17-14-9-6-3/h20H,4-19H2,1-3H3,(H,26,27,28). The van der Waals surface area contributed by atoms with E-state index in [2.05, 4.69) is 20.8 Å². The average Bonchev–Trinajstić information content (AvgIpc) is 2.69. The molecule has 1 atom stereocenters. The second kappa shape index (κ2) is 17.5. The first-order valence-electron chi connectivity index (χ1n) is 11.7. The predicted octanol–water partition coefficient (Wildman–Crippen LogP) is 4.75. The SMILES string of the molecule is CCCCCCCCOC(=O)C(CC(=O)N(CCCCC)CCCCC)S(=O)(=O)O. The summed E-state index contributed by atoms with van der Waals surface area (Å²) in [6.07, 6.45) is 11.0. The number of rotatable bonds is 19. The molecule has 0 aliphatic heterocycles. The zero-order valence-corrected chi connectivity index (χ0v) is 20.1. The van der Waals surface area contributed by atoms with Crippen LogP contribution in [0.2, 0.25) is 0 Å². The van der Waals surface area contributed by atoms with Crippen LogP contribution in [0.25, 0.3) is 0 Å². The molecule has 0 aromatic rings. The highest BCUT2D eigenvalue weighted by Gasteiger charge is 2.36. The van der Waals surface area contributed by atoms with Crippen LogP contribution in [0.5, 0.6) is 0 Å². The molecule has 0 aromatic heterocycles. The third-order valence-corrected chi connectivity index (χ3v) is 6.22. The molecule has 0 heterocycles. The largest absolute Gasteiger partial charge is 0.465 e. The van der Waals surface area contributed by atoms with E-state index < -0.39 is 33.7 Å². The normalized spacial score (nSPS) is 12.5. The van der Waals surface area contributed by atoms with Crippen LogP contribution in [0, 0.1) is 0 Å². The summed E-state index contributed by atoms with van der Waals surface area (Å²) < 4.78 is 38.1. The highest BCUT2D eigenvalue weighted by atomic mass is 32.2. The highest BCUT2D eigenvalue weighted by Crippen LogP contribution is 2.13. The molecule has 30 heavy (non-hydrogen) atoms. The van der Waals surface area contributed by atoms with Gasteiger partial charge in [-0.1, -0.05) is 78.6 Å². The van der Waals surface area contributed by atoms with Crippen LogP contribution in [0.1, 0.15) is 104 Å². The van der Waals surface area contributed by atoms with Crippen molar-refractivity contribution >= 4 is 22.0 Å². The molecule has 0 radical (unpaired) electrons. The fourth-order valence-corrected chi connectivity index (χ4v) is 3.88. The number of ether oxygens (including phenoxy) is 1.